The van der Waals surface area contributed by atoms with Crippen LogP contribution in [0.3, 0.4) is 0 Å². The van der Waals surface area contributed by atoms with Crippen LogP contribution in [0.1, 0.15) is 24.2 Å². The van der Waals surface area contributed by atoms with Crippen LogP contribution < -0.4 is 0 Å². The molecule has 6 nitrogen and oxygen atoms in total. The minimum atomic E-state index is -1.22. The molecule has 88 valence electrons. The van der Waals surface area contributed by atoms with Crippen molar-refractivity contribution in [3.05, 3.63) is 39.9 Å². The van der Waals surface area contributed by atoms with Gasteiger partial charge >= 0.3 is 5.97 Å². The lowest BCUT2D eigenvalue weighted by atomic mass is 10.1. The number of nitrogens with zero attached hydrogens (tertiary/aromatic N) is 2. The second-order valence-electron chi connectivity index (χ2n) is 3.82. The summed E-state index contributed by atoms with van der Waals surface area (Å²) < 4.78 is 4.90. The highest BCUT2D eigenvalue weighted by Crippen LogP contribution is 2.15. The molecule has 0 N–H and O–H groups in total. The standard InChI is InChI=1S/C11H10N2O4/c1-11(2,7-12)17-10(14)8-3-5-9(6-4-8)13(15)16/h3-6H,1-2H3. The zero-order valence-corrected chi connectivity index (χ0v) is 9.34. The molecule has 0 saturated carbocycles. The van der Waals surface area contributed by atoms with Crippen molar-refractivity contribution in [2.24, 2.45) is 0 Å². The van der Waals surface area contributed by atoms with Crippen LogP contribution in [0.4, 0.5) is 5.69 Å². The Morgan fingerprint density at radius 2 is 1.94 bits per heavy atom. The van der Waals surface area contributed by atoms with E-state index >= 15 is 0 Å². The molecule has 0 spiro atoms. The molecule has 0 saturated heterocycles. The first kappa shape index (κ1) is 12.6. The summed E-state index contributed by atoms with van der Waals surface area (Å²) >= 11 is 0. The van der Waals surface area contributed by atoms with E-state index in [1.165, 1.54) is 38.1 Å². The summed E-state index contributed by atoms with van der Waals surface area (Å²) in [5.41, 5.74) is -1.17. The van der Waals surface area contributed by atoms with Gasteiger partial charge in [0.1, 0.15) is 6.07 Å². The smallest absolute Gasteiger partial charge is 0.339 e. The molecule has 17 heavy (non-hydrogen) atoms. The highest BCUT2D eigenvalue weighted by molar-refractivity contribution is 5.90. The van der Waals surface area contributed by atoms with Crippen LogP contribution in [0.5, 0.6) is 0 Å². The second kappa shape index (κ2) is 4.61. The van der Waals surface area contributed by atoms with E-state index in [0.717, 1.165) is 0 Å². The van der Waals surface area contributed by atoms with Crippen molar-refractivity contribution in [2.75, 3.05) is 0 Å². The number of benzene rings is 1. The molecule has 0 aliphatic heterocycles. The maximum absolute atomic E-state index is 11.6. The number of nitro benzene ring substituents is 1. The first-order chi connectivity index (χ1) is 7.85. The minimum Gasteiger partial charge on any atom is -0.441 e. The van der Waals surface area contributed by atoms with Crippen molar-refractivity contribution in [3.8, 4) is 6.07 Å². The van der Waals surface area contributed by atoms with Crippen molar-refractivity contribution >= 4 is 11.7 Å². The third kappa shape index (κ3) is 3.28. The molecule has 1 aromatic carbocycles. The third-order valence-corrected chi connectivity index (χ3v) is 1.93. The number of non-ortho nitro benzene ring substituents is 1. The molecule has 0 aromatic heterocycles. The Kier molecular flexibility index (Phi) is 3.43. The van der Waals surface area contributed by atoms with Gasteiger partial charge in [-0.1, -0.05) is 0 Å². The summed E-state index contributed by atoms with van der Waals surface area (Å²) in [5.74, 6) is -0.688. The van der Waals surface area contributed by atoms with Crippen LogP contribution in [0.2, 0.25) is 0 Å². The van der Waals surface area contributed by atoms with Crippen LogP contribution in [0, 0.1) is 21.4 Å². The molecule has 0 heterocycles. The molecule has 0 amide bonds. The lowest BCUT2D eigenvalue weighted by Gasteiger charge is -2.16. The SMILES string of the molecule is CC(C)(C#N)OC(=O)c1ccc([N+](=O)[O-])cc1. The number of hydrogen-bond acceptors (Lipinski definition) is 5. The Labute approximate surface area is 97.6 Å². The maximum Gasteiger partial charge on any atom is 0.339 e. The number of carbonyl (C=O) groups is 1. The Morgan fingerprint density at radius 3 is 2.35 bits per heavy atom. The molecule has 0 bridgehead atoms. The van der Waals surface area contributed by atoms with Crippen LogP contribution >= 0.6 is 0 Å². The van der Waals surface area contributed by atoms with Gasteiger partial charge in [-0.05, 0) is 26.0 Å². The van der Waals surface area contributed by atoms with Gasteiger partial charge in [0.15, 0.2) is 5.60 Å². The highest BCUT2D eigenvalue weighted by atomic mass is 16.6. The zero-order chi connectivity index (χ0) is 13.1. The molecular weight excluding hydrogens is 224 g/mol. The van der Waals surface area contributed by atoms with Crippen LogP contribution in [0.15, 0.2) is 24.3 Å². The first-order valence-electron chi connectivity index (χ1n) is 4.75. The van der Waals surface area contributed by atoms with E-state index in [-0.39, 0.29) is 11.3 Å². The van der Waals surface area contributed by atoms with Gasteiger partial charge in [0.25, 0.3) is 5.69 Å². The number of carbonyl (C=O) groups excluding carboxylic acids is 1. The highest BCUT2D eigenvalue weighted by Gasteiger charge is 2.23. The molecule has 0 unspecified atom stereocenters. The monoisotopic (exact) mass is 234 g/mol. The van der Waals surface area contributed by atoms with Gasteiger partial charge in [0, 0.05) is 12.1 Å². The van der Waals surface area contributed by atoms with Crippen molar-refractivity contribution in [3.63, 3.8) is 0 Å². The van der Waals surface area contributed by atoms with Crippen molar-refractivity contribution in [1.29, 1.82) is 5.26 Å². The van der Waals surface area contributed by atoms with Gasteiger partial charge in [-0.3, -0.25) is 10.1 Å². The van der Waals surface area contributed by atoms with Crippen LogP contribution in [-0.2, 0) is 4.74 Å². The van der Waals surface area contributed by atoms with Gasteiger partial charge in [0.2, 0.25) is 0 Å². The first-order valence-corrected chi connectivity index (χ1v) is 4.75. The number of esters is 1. The fraction of sp³-hybridized carbons (Fsp3) is 0.273. The fourth-order valence-corrected chi connectivity index (χ4v) is 1.03. The maximum atomic E-state index is 11.6. The number of ether oxygens (including phenoxy) is 1. The summed E-state index contributed by atoms with van der Waals surface area (Å²) in [5, 5.41) is 19.1. The predicted molar refractivity (Wildman–Crippen MR) is 58.2 cm³/mol. The summed E-state index contributed by atoms with van der Waals surface area (Å²) in [6.45, 7) is 2.91. The second-order valence-corrected chi connectivity index (χ2v) is 3.82. The summed E-state index contributed by atoms with van der Waals surface area (Å²) in [7, 11) is 0. The van der Waals surface area contributed by atoms with Crippen LogP contribution in [0.25, 0.3) is 0 Å². The number of nitriles is 1. The Bertz CT molecular complexity index is 485. The van der Waals surface area contributed by atoms with E-state index in [2.05, 4.69) is 0 Å². The number of nitro groups is 1. The van der Waals surface area contributed by atoms with E-state index in [1.54, 1.807) is 0 Å². The van der Waals surface area contributed by atoms with E-state index in [0.29, 0.717) is 0 Å². The molecule has 1 aromatic rings. The Morgan fingerprint density at radius 1 is 1.41 bits per heavy atom. The summed E-state index contributed by atoms with van der Waals surface area (Å²) in [6, 6.07) is 6.80. The molecule has 0 atom stereocenters. The molecule has 1 rings (SSSR count). The largest absolute Gasteiger partial charge is 0.441 e. The van der Waals surface area contributed by atoms with Crippen molar-refractivity contribution in [2.45, 2.75) is 19.4 Å². The number of rotatable bonds is 3. The van der Waals surface area contributed by atoms with Gasteiger partial charge in [-0.25, -0.2) is 4.79 Å². The van der Waals surface area contributed by atoms with Gasteiger partial charge < -0.3 is 4.74 Å². The Balaban J connectivity index is 2.85. The summed E-state index contributed by atoms with van der Waals surface area (Å²) in [6.07, 6.45) is 0. The molecule has 0 radical (unpaired) electrons. The predicted octanol–water partition coefficient (Wildman–Crippen LogP) is 2.05. The third-order valence-electron chi connectivity index (χ3n) is 1.93. The average Bonchev–Trinajstić information content (AvgIpc) is 2.28. The van der Waals surface area contributed by atoms with Crippen molar-refractivity contribution in [1.82, 2.24) is 0 Å². The molecular formula is C11H10N2O4. The van der Waals surface area contributed by atoms with E-state index < -0.39 is 16.5 Å². The minimum absolute atomic E-state index is 0.110. The number of hydrogen-bond donors (Lipinski definition) is 0. The topological polar surface area (TPSA) is 93.2 Å². The van der Waals surface area contributed by atoms with Gasteiger partial charge in [-0.2, -0.15) is 5.26 Å². The quantitative estimate of drug-likeness (QED) is 0.453. The lowest BCUT2D eigenvalue weighted by molar-refractivity contribution is -0.384. The zero-order valence-electron chi connectivity index (χ0n) is 9.34. The van der Waals surface area contributed by atoms with E-state index in [4.69, 9.17) is 10.00 Å². The normalized spacial score (nSPS) is 10.4. The summed E-state index contributed by atoms with van der Waals surface area (Å²) in [4.78, 5) is 21.4. The fourth-order valence-electron chi connectivity index (χ4n) is 1.03. The molecule has 0 aliphatic carbocycles. The molecule has 6 heteroatoms. The van der Waals surface area contributed by atoms with Gasteiger partial charge in [-0.15, -0.1) is 0 Å². The van der Waals surface area contributed by atoms with Crippen molar-refractivity contribution < 1.29 is 14.5 Å². The Hall–Kier alpha value is -2.42. The average molecular weight is 234 g/mol. The molecule has 0 aliphatic rings. The van der Waals surface area contributed by atoms with E-state index in [1.807, 2.05) is 6.07 Å². The lowest BCUT2D eigenvalue weighted by Crippen LogP contribution is -2.25. The van der Waals surface area contributed by atoms with Crippen LogP contribution in [-0.4, -0.2) is 16.5 Å². The van der Waals surface area contributed by atoms with Gasteiger partial charge in [0.05, 0.1) is 10.5 Å². The van der Waals surface area contributed by atoms with E-state index in [9.17, 15) is 14.9 Å². The molecule has 0 fully saturated rings.